The summed E-state index contributed by atoms with van der Waals surface area (Å²) >= 11 is 1.61. The van der Waals surface area contributed by atoms with Gasteiger partial charge in [-0.25, -0.2) is 4.79 Å². The molecule has 0 aliphatic carbocycles. The van der Waals surface area contributed by atoms with Crippen molar-refractivity contribution >= 4 is 29.4 Å². The van der Waals surface area contributed by atoms with Crippen molar-refractivity contribution in [3.63, 3.8) is 0 Å². The van der Waals surface area contributed by atoms with Gasteiger partial charge in [-0.1, -0.05) is 36.4 Å². The molecule has 1 aromatic heterocycles. The topological polar surface area (TPSA) is 49.9 Å². The number of hydrogen-bond donors (Lipinski definition) is 0. The second kappa shape index (κ2) is 8.19. The minimum atomic E-state index is -0.247. The zero-order valence-electron chi connectivity index (χ0n) is 15.9. The summed E-state index contributed by atoms with van der Waals surface area (Å²) in [7, 11) is 0. The summed E-state index contributed by atoms with van der Waals surface area (Å²) in [5, 5.41) is 1.99. The number of rotatable bonds is 4. The molecule has 146 valence electrons. The Labute approximate surface area is 169 Å². The Morgan fingerprint density at radius 2 is 1.89 bits per heavy atom. The Bertz CT molecular complexity index is 842. The first-order valence-corrected chi connectivity index (χ1v) is 10.6. The summed E-state index contributed by atoms with van der Waals surface area (Å²) in [5.41, 5.74) is 1.03. The number of likely N-dealkylation sites (tertiary alicyclic amines) is 1. The number of carbonyl (C=O) groups is 2. The number of nitrogens with zero attached hydrogens (tertiary/aromatic N) is 2. The van der Waals surface area contributed by atoms with E-state index in [-0.39, 0.29) is 30.2 Å². The van der Waals surface area contributed by atoms with E-state index in [1.165, 1.54) is 0 Å². The average Bonchev–Trinajstić information content (AvgIpc) is 3.35. The van der Waals surface area contributed by atoms with Crippen molar-refractivity contribution in [3.8, 4) is 0 Å². The van der Waals surface area contributed by atoms with Crippen LogP contribution >= 0.6 is 11.3 Å². The zero-order chi connectivity index (χ0) is 19.5. The van der Waals surface area contributed by atoms with Crippen LogP contribution < -0.4 is 0 Å². The Kier molecular flexibility index (Phi) is 5.48. The van der Waals surface area contributed by atoms with Gasteiger partial charge in [0.2, 0.25) is 5.91 Å². The first-order valence-electron chi connectivity index (χ1n) is 9.68. The molecule has 3 heterocycles. The van der Waals surface area contributed by atoms with Gasteiger partial charge in [0, 0.05) is 30.1 Å². The first-order chi connectivity index (χ1) is 13.6. The van der Waals surface area contributed by atoms with E-state index in [1.807, 2.05) is 70.6 Å². The van der Waals surface area contributed by atoms with E-state index < -0.39 is 0 Å². The maximum atomic E-state index is 12.5. The second-order valence-electron chi connectivity index (χ2n) is 7.27. The van der Waals surface area contributed by atoms with E-state index in [9.17, 15) is 9.59 Å². The normalized spacial score (nSPS) is 23.4. The molecule has 2 fully saturated rings. The van der Waals surface area contributed by atoms with Gasteiger partial charge >= 0.3 is 6.09 Å². The van der Waals surface area contributed by atoms with Crippen molar-refractivity contribution < 1.29 is 14.3 Å². The van der Waals surface area contributed by atoms with Crippen LogP contribution in [0.1, 0.15) is 36.3 Å². The summed E-state index contributed by atoms with van der Waals surface area (Å²) in [6, 6.07) is 13.9. The Morgan fingerprint density at radius 3 is 2.57 bits per heavy atom. The van der Waals surface area contributed by atoms with Gasteiger partial charge in [-0.2, -0.15) is 0 Å². The largest absolute Gasteiger partial charge is 0.439 e. The molecule has 0 spiro atoms. The molecular weight excluding hydrogens is 372 g/mol. The molecule has 28 heavy (non-hydrogen) atoms. The quantitative estimate of drug-likeness (QED) is 0.723. The third-order valence-electron chi connectivity index (χ3n) is 5.55. The number of ether oxygens (including phenoxy) is 1. The molecule has 2 aliphatic rings. The summed E-state index contributed by atoms with van der Waals surface area (Å²) in [6.07, 6.45) is 4.58. The smallest absolute Gasteiger partial charge is 0.411 e. The van der Waals surface area contributed by atoms with Crippen molar-refractivity contribution in [2.75, 3.05) is 13.1 Å². The van der Waals surface area contributed by atoms with Crippen molar-refractivity contribution in [2.45, 2.75) is 38.0 Å². The third kappa shape index (κ3) is 3.83. The summed E-state index contributed by atoms with van der Waals surface area (Å²) in [4.78, 5) is 29.8. The fraction of sp³-hybridized carbons (Fsp3) is 0.364. The van der Waals surface area contributed by atoms with Crippen molar-refractivity contribution in [1.82, 2.24) is 9.80 Å². The Morgan fingerprint density at radius 1 is 1.14 bits per heavy atom. The minimum Gasteiger partial charge on any atom is -0.439 e. The molecule has 6 heteroatoms. The van der Waals surface area contributed by atoms with Crippen LogP contribution in [0.3, 0.4) is 0 Å². The monoisotopic (exact) mass is 396 g/mol. The average molecular weight is 397 g/mol. The predicted molar refractivity (Wildman–Crippen MR) is 110 cm³/mol. The van der Waals surface area contributed by atoms with E-state index in [1.54, 1.807) is 17.4 Å². The molecule has 0 saturated carbocycles. The molecule has 2 unspecified atom stereocenters. The molecule has 0 bridgehead atoms. The van der Waals surface area contributed by atoms with Crippen LogP contribution in [-0.2, 0) is 9.53 Å². The van der Waals surface area contributed by atoms with Crippen LogP contribution in [0.25, 0.3) is 6.08 Å². The highest BCUT2D eigenvalue weighted by Crippen LogP contribution is 2.35. The van der Waals surface area contributed by atoms with Gasteiger partial charge in [0.1, 0.15) is 6.10 Å². The maximum absolute atomic E-state index is 12.5. The number of amides is 2. The van der Waals surface area contributed by atoms with Crippen molar-refractivity contribution in [1.29, 1.82) is 0 Å². The van der Waals surface area contributed by atoms with Gasteiger partial charge in [0.25, 0.3) is 0 Å². The summed E-state index contributed by atoms with van der Waals surface area (Å²) in [6.45, 7) is 3.36. The molecule has 0 N–H and O–H groups in total. The highest BCUT2D eigenvalue weighted by atomic mass is 32.1. The molecule has 5 nitrogen and oxygen atoms in total. The lowest BCUT2D eigenvalue weighted by Gasteiger charge is -2.37. The fourth-order valence-corrected chi connectivity index (χ4v) is 4.68. The van der Waals surface area contributed by atoms with Crippen LogP contribution in [0.15, 0.2) is 53.9 Å². The van der Waals surface area contributed by atoms with Crippen LogP contribution in [0.2, 0.25) is 0 Å². The van der Waals surface area contributed by atoms with Gasteiger partial charge < -0.3 is 9.64 Å². The van der Waals surface area contributed by atoms with Gasteiger partial charge in [-0.3, -0.25) is 9.69 Å². The highest BCUT2D eigenvalue weighted by Gasteiger charge is 2.44. The Balaban J connectivity index is 1.35. The van der Waals surface area contributed by atoms with Gasteiger partial charge in [0.05, 0.1) is 6.04 Å². The molecule has 1 aromatic carbocycles. The number of carbonyl (C=O) groups excluding carboxylic acids is 2. The van der Waals surface area contributed by atoms with E-state index >= 15 is 0 Å². The summed E-state index contributed by atoms with van der Waals surface area (Å²) < 4.78 is 5.68. The van der Waals surface area contributed by atoms with Crippen LogP contribution in [-0.4, -0.2) is 47.0 Å². The molecule has 2 amide bonds. The third-order valence-corrected chi connectivity index (χ3v) is 6.38. The molecule has 2 saturated heterocycles. The van der Waals surface area contributed by atoms with E-state index in [0.717, 1.165) is 23.3 Å². The zero-order valence-corrected chi connectivity index (χ0v) is 16.7. The molecular formula is C22H24N2O3S. The number of benzene rings is 1. The van der Waals surface area contributed by atoms with E-state index in [4.69, 9.17) is 4.74 Å². The van der Waals surface area contributed by atoms with Crippen LogP contribution in [0.4, 0.5) is 4.79 Å². The van der Waals surface area contributed by atoms with Crippen LogP contribution in [0.5, 0.6) is 0 Å². The lowest BCUT2D eigenvalue weighted by Crippen LogP contribution is -2.49. The molecule has 2 atom stereocenters. The standard InChI is InChI=1S/C22H24N2O3S/c1-16-21(17-6-3-2-4-7-17)27-22(26)24(16)18-11-13-23(14-12-18)20(25)10-9-19-8-5-15-28-19/h2-10,15-16,18,21H,11-14H2,1H3. The van der Waals surface area contributed by atoms with Crippen LogP contribution in [0, 0.1) is 0 Å². The van der Waals surface area contributed by atoms with Gasteiger partial charge in [0.15, 0.2) is 0 Å². The SMILES string of the molecule is CC1C(c2ccccc2)OC(=O)N1C1CCN(C(=O)C=Cc2cccs2)CC1. The molecule has 2 aliphatic heterocycles. The van der Waals surface area contributed by atoms with E-state index in [0.29, 0.717) is 13.1 Å². The van der Waals surface area contributed by atoms with Gasteiger partial charge in [-0.05, 0) is 42.9 Å². The van der Waals surface area contributed by atoms with Gasteiger partial charge in [-0.15, -0.1) is 11.3 Å². The van der Waals surface area contributed by atoms with E-state index in [2.05, 4.69) is 0 Å². The van der Waals surface area contributed by atoms with Crippen molar-refractivity contribution in [2.24, 2.45) is 0 Å². The second-order valence-corrected chi connectivity index (χ2v) is 8.25. The summed E-state index contributed by atoms with van der Waals surface area (Å²) in [5.74, 6) is 0.0334. The number of cyclic esters (lactones) is 1. The minimum absolute atomic E-state index is 0.0131. The molecule has 4 rings (SSSR count). The molecule has 0 radical (unpaired) electrons. The highest BCUT2D eigenvalue weighted by molar-refractivity contribution is 7.10. The Hall–Kier alpha value is -2.60. The number of thiophene rings is 1. The first kappa shape index (κ1) is 18.7. The maximum Gasteiger partial charge on any atom is 0.411 e. The number of piperidine rings is 1. The lowest BCUT2D eigenvalue weighted by molar-refractivity contribution is -0.127. The number of hydrogen-bond acceptors (Lipinski definition) is 4. The predicted octanol–water partition coefficient (Wildman–Crippen LogP) is 4.33. The van der Waals surface area contributed by atoms with Crippen molar-refractivity contribution in [3.05, 3.63) is 64.4 Å². The lowest BCUT2D eigenvalue weighted by atomic mass is 9.98. The fourth-order valence-electron chi connectivity index (χ4n) is 4.06. The molecule has 2 aromatic rings.